The van der Waals surface area contributed by atoms with E-state index < -0.39 is 5.60 Å². The quantitative estimate of drug-likeness (QED) is 0.933. The van der Waals surface area contributed by atoms with E-state index in [1.54, 1.807) is 0 Å². The lowest BCUT2D eigenvalue weighted by Crippen LogP contribution is -2.42. The van der Waals surface area contributed by atoms with Gasteiger partial charge >= 0.3 is 0 Å². The molecule has 2 aliphatic rings. The Labute approximate surface area is 149 Å². The highest BCUT2D eigenvalue weighted by atomic mass is 16.3. The van der Waals surface area contributed by atoms with Crippen LogP contribution in [0.4, 0.5) is 0 Å². The van der Waals surface area contributed by atoms with E-state index in [-0.39, 0.29) is 5.92 Å². The highest BCUT2D eigenvalue weighted by Crippen LogP contribution is 2.48. The normalized spacial score (nSPS) is 29.1. The van der Waals surface area contributed by atoms with Crippen LogP contribution in [0.2, 0.25) is 0 Å². The van der Waals surface area contributed by atoms with Crippen LogP contribution in [0, 0.1) is 23.2 Å². The molecule has 1 N–H and O–H groups in total. The monoisotopic (exact) mass is 332 g/mol. The van der Waals surface area contributed by atoms with Crippen molar-refractivity contribution in [3.05, 3.63) is 71.3 Å². The first kappa shape index (κ1) is 16.3. The number of hydrogen-bond donors (Lipinski definition) is 1. The number of benzene rings is 2. The Morgan fingerprint density at radius 1 is 1.08 bits per heavy atom. The number of likely N-dealkylation sites (tertiary alicyclic amines) is 1. The molecule has 3 atom stereocenters. The molecule has 1 heterocycles. The van der Waals surface area contributed by atoms with Gasteiger partial charge in [0.1, 0.15) is 0 Å². The lowest BCUT2D eigenvalue weighted by Gasteiger charge is -2.41. The lowest BCUT2D eigenvalue weighted by atomic mass is 9.67. The fourth-order valence-corrected chi connectivity index (χ4v) is 4.84. The molecular formula is C22H24N2O. The van der Waals surface area contributed by atoms with Gasteiger partial charge in [-0.25, -0.2) is 0 Å². The molecule has 4 rings (SSSR count). The molecule has 2 fully saturated rings. The van der Waals surface area contributed by atoms with Gasteiger partial charge in [0.2, 0.25) is 0 Å². The molecule has 25 heavy (non-hydrogen) atoms. The van der Waals surface area contributed by atoms with Crippen LogP contribution < -0.4 is 0 Å². The van der Waals surface area contributed by atoms with Crippen molar-refractivity contribution in [3.8, 4) is 6.07 Å². The van der Waals surface area contributed by atoms with Gasteiger partial charge < -0.3 is 5.11 Å². The summed E-state index contributed by atoms with van der Waals surface area (Å²) in [6.07, 6.45) is 3.12. The number of nitriles is 1. The van der Waals surface area contributed by atoms with Gasteiger partial charge in [-0.3, -0.25) is 4.90 Å². The molecular weight excluding hydrogens is 308 g/mol. The predicted molar refractivity (Wildman–Crippen MR) is 97.6 cm³/mol. The highest BCUT2D eigenvalue weighted by molar-refractivity contribution is 5.37. The molecule has 0 amide bonds. The van der Waals surface area contributed by atoms with Crippen LogP contribution in [0.1, 0.15) is 36.0 Å². The summed E-state index contributed by atoms with van der Waals surface area (Å²) in [6.45, 7) is 2.71. The molecule has 1 saturated carbocycles. The van der Waals surface area contributed by atoms with Crippen molar-refractivity contribution in [2.75, 3.05) is 13.1 Å². The van der Waals surface area contributed by atoms with Crippen LogP contribution in [-0.4, -0.2) is 23.1 Å². The van der Waals surface area contributed by atoms with Crippen molar-refractivity contribution < 1.29 is 5.11 Å². The summed E-state index contributed by atoms with van der Waals surface area (Å²) >= 11 is 0. The Balaban J connectivity index is 1.56. The zero-order valence-corrected chi connectivity index (χ0v) is 14.4. The van der Waals surface area contributed by atoms with Gasteiger partial charge in [0.15, 0.2) is 0 Å². The Morgan fingerprint density at radius 3 is 2.64 bits per heavy atom. The van der Waals surface area contributed by atoms with E-state index in [1.807, 2.05) is 42.5 Å². The molecule has 1 aliphatic heterocycles. The minimum atomic E-state index is -0.715. The van der Waals surface area contributed by atoms with E-state index in [4.69, 9.17) is 0 Å². The minimum Gasteiger partial charge on any atom is -0.385 e. The fourth-order valence-electron chi connectivity index (χ4n) is 4.84. The van der Waals surface area contributed by atoms with E-state index in [9.17, 15) is 10.4 Å². The van der Waals surface area contributed by atoms with Crippen molar-refractivity contribution in [2.24, 2.45) is 11.8 Å². The molecule has 1 saturated heterocycles. The Morgan fingerprint density at radius 2 is 1.84 bits per heavy atom. The second-order valence-corrected chi connectivity index (χ2v) is 7.51. The molecule has 2 aromatic rings. The number of nitrogens with zero attached hydrogens (tertiary/aromatic N) is 2. The average molecular weight is 332 g/mol. The van der Waals surface area contributed by atoms with Crippen molar-refractivity contribution >= 4 is 0 Å². The van der Waals surface area contributed by atoms with Crippen LogP contribution in [-0.2, 0) is 12.1 Å². The Kier molecular flexibility index (Phi) is 4.33. The molecule has 0 unspecified atom stereocenters. The van der Waals surface area contributed by atoms with Gasteiger partial charge in [0.25, 0.3) is 0 Å². The highest BCUT2D eigenvalue weighted by Gasteiger charge is 2.49. The first-order chi connectivity index (χ1) is 12.2. The number of hydrogen-bond acceptors (Lipinski definition) is 3. The largest absolute Gasteiger partial charge is 0.385 e. The molecule has 0 radical (unpaired) electrons. The van der Waals surface area contributed by atoms with Crippen LogP contribution in [0.25, 0.3) is 0 Å². The zero-order valence-electron chi connectivity index (χ0n) is 14.4. The lowest BCUT2D eigenvalue weighted by molar-refractivity contribution is -0.0648. The molecule has 0 spiro atoms. The molecule has 0 aromatic heterocycles. The summed E-state index contributed by atoms with van der Waals surface area (Å²) < 4.78 is 0. The topological polar surface area (TPSA) is 47.3 Å². The third-order valence-electron chi connectivity index (χ3n) is 6.07. The third-order valence-corrected chi connectivity index (χ3v) is 6.07. The maximum Gasteiger partial charge on any atom is 0.0995 e. The van der Waals surface area contributed by atoms with Gasteiger partial charge in [-0.05, 0) is 42.4 Å². The summed E-state index contributed by atoms with van der Waals surface area (Å²) in [5.41, 5.74) is 2.19. The Hall–Kier alpha value is -2.15. The molecule has 1 aliphatic carbocycles. The first-order valence-corrected chi connectivity index (χ1v) is 9.19. The SMILES string of the molecule is N#Cc1ccccc1CN1C[C@@H]2CCC[C@@](O)(c3ccccc3)[C@@H]2C1. The van der Waals surface area contributed by atoms with E-state index in [0.717, 1.165) is 49.2 Å². The number of fused-ring (bicyclic) bond motifs is 1. The van der Waals surface area contributed by atoms with E-state index in [1.165, 1.54) is 6.42 Å². The molecule has 0 bridgehead atoms. The predicted octanol–water partition coefficient (Wildman–Crippen LogP) is 3.68. The van der Waals surface area contributed by atoms with Crippen LogP contribution >= 0.6 is 0 Å². The minimum absolute atomic E-state index is 0.276. The second kappa shape index (κ2) is 6.63. The van der Waals surface area contributed by atoms with E-state index in [2.05, 4.69) is 23.1 Å². The van der Waals surface area contributed by atoms with Crippen LogP contribution in [0.5, 0.6) is 0 Å². The van der Waals surface area contributed by atoms with Crippen molar-refractivity contribution in [1.29, 1.82) is 5.26 Å². The second-order valence-electron chi connectivity index (χ2n) is 7.51. The van der Waals surface area contributed by atoms with Crippen molar-refractivity contribution in [3.63, 3.8) is 0 Å². The zero-order chi connectivity index (χ0) is 17.3. The molecule has 128 valence electrons. The summed E-state index contributed by atoms with van der Waals surface area (Å²) in [6, 6.07) is 20.3. The first-order valence-electron chi connectivity index (χ1n) is 9.19. The van der Waals surface area contributed by atoms with Gasteiger partial charge in [-0.1, -0.05) is 48.5 Å². The van der Waals surface area contributed by atoms with Crippen molar-refractivity contribution in [1.82, 2.24) is 4.90 Å². The molecule has 3 heteroatoms. The molecule has 3 nitrogen and oxygen atoms in total. The van der Waals surface area contributed by atoms with Crippen LogP contribution in [0.3, 0.4) is 0 Å². The summed E-state index contributed by atoms with van der Waals surface area (Å²) in [4.78, 5) is 2.42. The van der Waals surface area contributed by atoms with Gasteiger partial charge in [-0.15, -0.1) is 0 Å². The smallest absolute Gasteiger partial charge is 0.0995 e. The van der Waals surface area contributed by atoms with Gasteiger partial charge in [0, 0.05) is 25.6 Å². The summed E-state index contributed by atoms with van der Waals surface area (Å²) in [7, 11) is 0. The van der Waals surface area contributed by atoms with E-state index in [0.29, 0.717) is 5.92 Å². The van der Waals surface area contributed by atoms with Crippen molar-refractivity contribution in [2.45, 2.75) is 31.4 Å². The standard InChI is InChI=1S/C22H24N2O/c23-13-17-7-4-5-8-18(17)14-24-15-19-9-6-12-22(25,21(19)16-24)20-10-2-1-3-11-20/h1-5,7-8,10-11,19,21,25H,6,9,12,14-16H2/t19-,21+,22+/m0/s1. The third kappa shape index (κ3) is 2.97. The Bertz CT molecular complexity index is 782. The summed E-state index contributed by atoms with van der Waals surface area (Å²) in [5.74, 6) is 0.811. The number of aliphatic hydroxyl groups is 1. The van der Waals surface area contributed by atoms with Gasteiger partial charge in [-0.2, -0.15) is 5.26 Å². The number of rotatable bonds is 3. The summed E-state index contributed by atoms with van der Waals surface area (Å²) in [5, 5.41) is 20.8. The molecule has 2 aromatic carbocycles. The average Bonchev–Trinajstić information content (AvgIpc) is 3.07. The maximum absolute atomic E-state index is 11.5. The van der Waals surface area contributed by atoms with E-state index >= 15 is 0 Å². The van der Waals surface area contributed by atoms with Crippen LogP contribution in [0.15, 0.2) is 54.6 Å². The maximum atomic E-state index is 11.5. The fraction of sp³-hybridized carbons (Fsp3) is 0.409. The van der Waals surface area contributed by atoms with Gasteiger partial charge in [0.05, 0.1) is 17.2 Å².